The third-order valence-corrected chi connectivity index (χ3v) is 14.7. The fourth-order valence-corrected chi connectivity index (χ4v) is 9.68. The first-order valence-corrected chi connectivity index (χ1v) is 33.2. The molecule has 2 atom stereocenters. The van der Waals surface area contributed by atoms with Gasteiger partial charge in [0.05, 0.1) is 18.8 Å². The predicted molar refractivity (Wildman–Crippen MR) is 345 cm³/mol. The largest absolute Gasteiger partial charge is 0.394 e. The van der Waals surface area contributed by atoms with Crippen molar-refractivity contribution in [1.29, 1.82) is 0 Å². The van der Waals surface area contributed by atoms with Crippen LogP contribution < -0.4 is 5.32 Å². The Morgan fingerprint density at radius 3 is 0.909 bits per heavy atom. The van der Waals surface area contributed by atoms with Crippen LogP contribution in [-0.2, 0) is 4.79 Å². The molecule has 0 spiro atoms. The van der Waals surface area contributed by atoms with Gasteiger partial charge in [0.1, 0.15) is 0 Å². The van der Waals surface area contributed by atoms with Crippen LogP contribution in [0.15, 0.2) is 122 Å². The molecule has 0 aliphatic rings. The molecule has 4 heteroatoms. The quantitative estimate of drug-likeness (QED) is 0.0420. The van der Waals surface area contributed by atoms with E-state index in [9.17, 15) is 15.0 Å². The molecule has 4 nitrogen and oxygen atoms in total. The first-order chi connectivity index (χ1) is 38.2. The number of unbranched alkanes of at least 4 members (excludes halogenated alkanes) is 35. The summed E-state index contributed by atoms with van der Waals surface area (Å²) in [5.41, 5.74) is 0. The lowest BCUT2D eigenvalue weighted by Gasteiger charge is -2.19. The third-order valence-electron chi connectivity index (χ3n) is 14.7. The molecule has 0 aromatic carbocycles. The molecule has 0 radical (unpaired) electrons. The molecule has 442 valence electrons. The molecule has 0 fully saturated rings. The summed E-state index contributed by atoms with van der Waals surface area (Å²) in [6, 6.07) is -0.648. The second kappa shape index (κ2) is 67.1. The topological polar surface area (TPSA) is 69.6 Å². The second-order valence-corrected chi connectivity index (χ2v) is 22.1. The zero-order valence-electron chi connectivity index (χ0n) is 50.9. The Kier molecular flexibility index (Phi) is 64.3. The highest BCUT2D eigenvalue weighted by atomic mass is 16.3. The smallest absolute Gasteiger partial charge is 0.220 e. The van der Waals surface area contributed by atoms with Gasteiger partial charge in [0.15, 0.2) is 0 Å². The van der Waals surface area contributed by atoms with Crippen molar-refractivity contribution >= 4 is 5.91 Å². The number of allylic oxidation sites excluding steroid dienone is 19. The maximum atomic E-state index is 12.5. The van der Waals surface area contributed by atoms with Gasteiger partial charge in [0.2, 0.25) is 5.91 Å². The number of nitrogens with one attached hydrogen (secondary N) is 1. The highest BCUT2D eigenvalue weighted by Crippen LogP contribution is 2.17. The van der Waals surface area contributed by atoms with E-state index in [2.05, 4.69) is 129 Å². The number of carbonyl (C=O) groups excluding carboxylic acids is 1. The number of carbonyl (C=O) groups is 1. The summed E-state index contributed by atoms with van der Waals surface area (Å²) in [5.74, 6) is -0.0753. The van der Waals surface area contributed by atoms with E-state index in [-0.39, 0.29) is 12.5 Å². The van der Waals surface area contributed by atoms with Crippen molar-refractivity contribution in [1.82, 2.24) is 5.32 Å². The molecule has 0 aliphatic heterocycles. The summed E-state index contributed by atoms with van der Waals surface area (Å²) < 4.78 is 0. The van der Waals surface area contributed by atoms with E-state index in [4.69, 9.17) is 0 Å². The molecule has 0 aliphatic carbocycles. The standard InChI is InChI=1S/C73H127NO3/c1-3-5-7-9-11-13-15-17-19-21-23-25-27-29-31-32-33-34-35-36-37-38-39-40-41-42-43-45-47-49-51-53-55-57-59-61-63-65-67-69-73(77)74-71(70-75)72(76)68-66-64-62-60-58-56-54-52-50-48-46-44-30-28-26-24-22-20-18-16-14-12-10-8-6-4-2/h5,7,11,13,17,19,23,25,29,31,33-34,36-37,39-40,58,60,66,68,71-72,75-76H,3-4,6,8-10,12,14-16,18,20-22,24,26-28,30,32,35,38,41-57,59,61-65,67,69-70H2,1-2H3,(H,74,77)/b7-5-,13-11-,19-17-,25-23-,31-29-,34-33-,37-36-,40-39-,60-58+,68-66+. The molecule has 1 amide bonds. The number of rotatable bonds is 60. The zero-order chi connectivity index (χ0) is 55.5. The number of hydrogen-bond donors (Lipinski definition) is 3. The van der Waals surface area contributed by atoms with E-state index >= 15 is 0 Å². The van der Waals surface area contributed by atoms with Crippen LogP contribution in [-0.4, -0.2) is 34.9 Å². The third kappa shape index (κ3) is 63.5. The van der Waals surface area contributed by atoms with Gasteiger partial charge in [0.25, 0.3) is 0 Å². The minimum atomic E-state index is -0.870. The zero-order valence-corrected chi connectivity index (χ0v) is 50.9. The van der Waals surface area contributed by atoms with Gasteiger partial charge in [-0.3, -0.25) is 4.79 Å². The molecular formula is C73H127NO3. The monoisotopic (exact) mass is 1070 g/mol. The van der Waals surface area contributed by atoms with Gasteiger partial charge in [0, 0.05) is 6.42 Å². The van der Waals surface area contributed by atoms with E-state index in [1.54, 1.807) is 6.08 Å². The maximum Gasteiger partial charge on any atom is 0.220 e. The fraction of sp³-hybridized carbons (Fsp3) is 0.712. The van der Waals surface area contributed by atoms with Crippen molar-refractivity contribution in [3.05, 3.63) is 122 Å². The SMILES string of the molecule is CC/C=C\C/C=C\C/C=C\C/C=C\C/C=C\C/C=C\C/C=C\C/C=C\CCCCCCCCCCCCCCCCC(=O)NC(CO)C(O)/C=C/CC/C=C/CCCCCCCCCCCCCCCCCCCCCC. The summed E-state index contributed by atoms with van der Waals surface area (Å²) >= 11 is 0. The Balaban J connectivity index is 3.55. The van der Waals surface area contributed by atoms with Gasteiger partial charge >= 0.3 is 0 Å². The van der Waals surface area contributed by atoms with Crippen LogP contribution in [0.1, 0.15) is 316 Å². The van der Waals surface area contributed by atoms with Crippen LogP contribution in [0.25, 0.3) is 0 Å². The Hall–Kier alpha value is -3.21. The minimum absolute atomic E-state index is 0.0753. The Morgan fingerprint density at radius 1 is 0.325 bits per heavy atom. The van der Waals surface area contributed by atoms with Crippen molar-refractivity contribution in [3.8, 4) is 0 Å². The van der Waals surface area contributed by atoms with Crippen LogP contribution >= 0.6 is 0 Å². The summed E-state index contributed by atoms with van der Waals surface area (Å²) in [4.78, 5) is 12.5. The Bertz CT molecular complexity index is 1490. The molecule has 0 saturated heterocycles. The van der Waals surface area contributed by atoms with Crippen LogP contribution in [0.4, 0.5) is 0 Å². The lowest BCUT2D eigenvalue weighted by Crippen LogP contribution is -2.45. The molecule has 0 aromatic heterocycles. The van der Waals surface area contributed by atoms with Gasteiger partial charge in [-0.15, -0.1) is 0 Å². The van der Waals surface area contributed by atoms with Crippen molar-refractivity contribution in [2.45, 2.75) is 328 Å². The molecule has 2 unspecified atom stereocenters. The van der Waals surface area contributed by atoms with Crippen molar-refractivity contribution in [2.24, 2.45) is 0 Å². The van der Waals surface area contributed by atoms with Crippen LogP contribution in [0, 0.1) is 0 Å². The molecule has 0 saturated carbocycles. The van der Waals surface area contributed by atoms with E-state index in [1.807, 2.05) is 6.08 Å². The fourth-order valence-electron chi connectivity index (χ4n) is 9.68. The van der Waals surface area contributed by atoms with Crippen LogP contribution in [0.5, 0.6) is 0 Å². The molecule has 0 rings (SSSR count). The number of aliphatic hydroxyl groups excluding tert-OH is 2. The Labute approximate surface area is 479 Å². The van der Waals surface area contributed by atoms with E-state index in [0.29, 0.717) is 6.42 Å². The summed E-state index contributed by atoms with van der Waals surface area (Å²) in [5, 5.41) is 23.2. The van der Waals surface area contributed by atoms with Gasteiger partial charge < -0.3 is 15.5 Å². The average Bonchev–Trinajstić information content (AvgIpc) is 3.43. The lowest BCUT2D eigenvalue weighted by molar-refractivity contribution is -0.123. The molecule has 3 N–H and O–H groups in total. The maximum absolute atomic E-state index is 12.5. The first-order valence-electron chi connectivity index (χ1n) is 33.2. The summed E-state index contributed by atoms with van der Waals surface area (Å²) in [6.45, 7) is 4.20. The average molecular weight is 1070 g/mol. The van der Waals surface area contributed by atoms with Crippen molar-refractivity contribution in [3.63, 3.8) is 0 Å². The molecule has 0 heterocycles. The van der Waals surface area contributed by atoms with E-state index in [1.165, 1.54) is 212 Å². The van der Waals surface area contributed by atoms with Crippen LogP contribution in [0.3, 0.4) is 0 Å². The molecule has 77 heavy (non-hydrogen) atoms. The summed E-state index contributed by atoms with van der Waals surface area (Å²) in [7, 11) is 0. The number of aliphatic hydroxyl groups is 2. The molecule has 0 aromatic rings. The normalized spacial score (nSPS) is 13.6. The highest BCUT2D eigenvalue weighted by molar-refractivity contribution is 5.76. The summed E-state index contributed by atoms with van der Waals surface area (Å²) in [6.07, 6.45) is 103. The van der Waals surface area contributed by atoms with Crippen molar-refractivity contribution < 1.29 is 15.0 Å². The van der Waals surface area contributed by atoms with E-state index < -0.39 is 12.1 Å². The van der Waals surface area contributed by atoms with Gasteiger partial charge in [-0.2, -0.15) is 0 Å². The van der Waals surface area contributed by atoms with Crippen molar-refractivity contribution in [2.75, 3.05) is 6.61 Å². The lowest BCUT2D eigenvalue weighted by atomic mass is 10.0. The number of amides is 1. The minimum Gasteiger partial charge on any atom is -0.394 e. The van der Waals surface area contributed by atoms with Gasteiger partial charge in [-0.1, -0.05) is 334 Å². The second-order valence-electron chi connectivity index (χ2n) is 22.1. The Morgan fingerprint density at radius 2 is 0.584 bits per heavy atom. The number of hydrogen-bond acceptors (Lipinski definition) is 3. The van der Waals surface area contributed by atoms with E-state index in [0.717, 1.165) is 83.5 Å². The predicted octanol–water partition coefficient (Wildman–Crippen LogP) is 22.8. The highest BCUT2D eigenvalue weighted by Gasteiger charge is 2.18. The molecular weight excluding hydrogens is 939 g/mol. The van der Waals surface area contributed by atoms with Gasteiger partial charge in [-0.05, 0) is 96.3 Å². The van der Waals surface area contributed by atoms with Gasteiger partial charge in [-0.25, -0.2) is 0 Å². The molecule has 0 bridgehead atoms. The van der Waals surface area contributed by atoms with Crippen LogP contribution in [0.2, 0.25) is 0 Å². The first kappa shape index (κ1) is 73.8.